The van der Waals surface area contributed by atoms with Gasteiger partial charge in [0.2, 0.25) is 0 Å². The summed E-state index contributed by atoms with van der Waals surface area (Å²) < 4.78 is 11.4. The standard InChI is InChI=1S/C44H30N4O/c45-34-14-6-7-15-35(34)46-36-25-47-37-16-8-5-13-30(37)43-42-33-23-27(19-21-40(33)49-41(42)24-32(36)44(43)47)26-18-20-39-31(22-26)29-12-4-9-17-38(29)48(39)28-10-2-1-3-11-28/h1-25,33,35,40,45-46H. The quantitative estimate of drug-likeness (QED) is 0.203. The number of hydrogen-bond acceptors (Lipinski definition) is 3. The molecule has 5 heteroatoms. The van der Waals surface area contributed by atoms with Gasteiger partial charge in [-0.1, -0.05) is 91.0 Å². The Balaban J connectivity index is 1.07. The van der Waals surface area contributed by atoms with Crippen LogP contribution in [-0.2, 0) is 0 Å². The van der Waals surface area contributed by atoms with Crippen molar-refractivity contribution in [3.05, 3.63) is 163 Å². The first-order valence-corrected chi connectivity index (χ1v) is 16.9. The zero-order valence-electron chi connectivity index (χ0n) is 26.5. The van der Waals surface area contributed by atoms with Crippen molar-refractivity contribution in [1.29, 1.82) is 5.41 Å². The molecule has 4 heterocycles. The average Bonchev–Trinajstić information content (AvgIpc) is 3.88. The number of anilines is 1. The van der Waals surface area contributed by atoms with Crippen molar-refractivity contribution in [2.45, 2.75) is 18.1 Å². The molecular weight excluding hydrogens is 601 g/mol. The van der Waals surface area contributed by atoms with Gasteiger partial charge in [-0.05, 0) is 65.8 Å². The van der Waals surface area contributed by atoms with Crippen molar-refractivity contribution in [2.75, 3.05) is 5.32 Å². The number of hydrogen-bond donors (Lipinski definition) is 2. The predicted octanol–water partition coefficient (Wildman–Crippen LogP) is 10.2. The number of allylic oxidation sites excluding steroid dienone is 4. The van der Waals surface area contributed by atoms with E-state index in [1.165, 1.54) is 66.0 Å². The largest absolute Gasteiger partial charge is 0.485 e. The molecule has 1 aliphatic heterocycles. The normalized spacial score (nSPS) is 19.7. The summed E-state index contributed by atoms with van der Waals surface area (Å²) >= 11 is 0. The SMILES string of the molecule is N=C1C=CC=CC1Nc1cn2c3ccccc3c3c4c(cc1c32)OC1C=CC(c2ccc3c(c2)c2ccccc2n3-c2ccccc2)=CC41. The minimum absolute atomic E-state index is 0.0672. The molecule has 3 atom stereocenters. The lowest BCUT2D eigenvalue weighted by Gasteiger charge is -2.19. The first kappa shape index (κ1) is 26.7. The fourth-order valence-corrected chi connectivity index (χ4v) is 8.49. The van der Waals surface area contributed by atoms with Crippen molar-refractivity contribution in [3.63, 3.8) is 0 Å². The second-order valence-corrected chi connectivity index (χ2v) is 13.3. The summed E-state index contributed by atoms with van der Waals surface area (Å²) in [7, 11) is 0. The number of rotatable bonds is 4. The molecule has 3 aliphatic rings. The number of aromatic nitrogens is 2. The van der Waals surface area contributed by atoms with Gasteiger partial charge in [0, 0.05) is 50.3 Å². The van der Waals surface area contributed by atoms with E-state index in [0.717, 1.165) is 16.8 Å². The molecule has 3 aromatic heterocycles. The van der Waals surface area contributed by atoms with Gasteiger partial charge in [0.25, 0.3) is 0 Å². The van der Waals surface area contributed by atoms with Gasteiger partial charge >= 0.3 is 0 Å². The third-order valence-corrected chi connectivity index (χ3v) is 10.7. The van der Waals surface area contributed by atoms with Gasteiger partial charge in [0.05, 0.1) is 39.5 Å². The maximum Gasteiger partial charge on any atom is 0.128 e. The lowest BCUT2D eigenvalue weighted by atomic mass is 9.84. The van der Waals surface area contributed by atoms with Crippen LogP contribution in [-0.4, -0.2) is 26.8 Å². The van der Waals surface area contributed by atoms with Crippen molar-refractivity contribution >= 4 is 66.0 Å². The number of nitrogens with one attached hydrogen (secondary N) is 2. The molecule has 0 saturated heterocycles. The van der Waals surface area contributed by atoms with E-state index in [4.69, 9.17) is 10.1 Å². The average molecular weight is 631 g/mol. The highest BCUT2D eigenvalue weighted by Crippen LogP contribution is 2.52. The number of benzene rings is 5. The molecule has 0 amide bonds. The van der Waals surface area contributed by atoms with Crippen molar-refractivity contribution in [2.24, 2.45) is 0 Å². The number of para-hydroxylation sites is 3. The Hall–Kier alpha value is -6.33. The Bertz CT molecular complexity index is 2810. The Morgan fingerprint density at radius 1 is 0.694 bits per heavy atom. The van der Waals surface area contributed by atoms with E-state index >= 15 is 0 Å². The summed E-state index contributed by atoms with van der Waals surface area (Å²) in [6, 6.07) is 36.9. The van der Waals surface area contributed by atoms with Crippen LogP contribution in [0.15, 0.2) is 152 Å². The van der Waals surface area contributed by atoms with Crippen LogP contribution in [0.3, 0.4) is 0 Å². The van der Waals surface area contributed by atoms with E-state index in [2.05, 4.69) is 142 Å². The van der Waals surface area contributed by atoms with Gasteiger partial charge in [-0.15, -0.1) is 0 Å². The van der Waals surface area contributed by atoms with E-state index in [0.29, 0.717) is 5.71 Å². The summed E-state index contributed by atoms with van der Waals surface area (Å²) in [5.41, 5.74) is 11.2. The molecular formula is C44H30N4O. The third kappa shape index (κ3) is 3.73. The molecule has 0 radical (unpaired) electrons. The van der Waals surface area contributed by atoms with Crippen LogP contribution < -0.4 is 10.1 Å². The van der Waals surface area contributed by atoms with Crippen molar-refractivity contribution < 1.29 is 4.74 Å². The van der Waals surface area contributed by atoms with E-state index in [-0.39, 0.29) is 18.1 Å². The maximum absolute atomic E-state index is 8.48. The Morgan fingerprint density at radius 2 is 1.49 bits per heavy atom. The molecule has 0 fully saturated rings. The second kappa shape index (κ2) is 9.85. The fraction of sp³-hybridized carbons (Fsp3) is 0.0682. The molecule has 11 rings (SSSR count). The van der Waals surface area contributed by atoms with Crippen LogP contribution in [0.2, 0.25) is 0 Å². The van der Waals surface area contributed by atoms with Crippen LogP contribution in [0.1, 0.15) is 17.0 Å². The first-order chi connectivity index (χ1) is 24.2. The topological polar surface area (TPSA) is 54.5 Å². The highest BCUT2D eigenvalue weighted by molar-refractivity contribution is 6.20. The van der Waals surface area contributed by atoms with E-state index in [1.807, 2.05) is 24.3 Å². The lowest BCUT2D eigenvalue weighted by Crippen LogP contribution is -2.26. The molecule has 232 valence electrons. The molecule has 0 spiro atoms. The van der Waals surface area contributed by atoms with Gasteiger partial charge in [-0.3, -0.25) is 0 Å². The van der Waals surface area contributed by atoms with Crippen LogP contribution in [0.5, 0.6) is 5.75 Å². The number of nitrogens with zero attached hydrogens (tertiary/aromatic N) is 2. The summed E-state index contributed by atoms with van der Waals surface area (Å²) in [5, 5.41) is 18.2. The first-order valence-electron chi connectivity index (χ1n) is 16.9. The van der Waals surface area contributed by atoms with Gasteiger partial charge < -0.3 is 24.4 Å². The molecule has 0 bridgehead atoms. The zero-order chi connectivity index (χ0) is 32.2. The third-order valence-electron chi connectivity index (χ3n) is 10.7. The minimum atomic E-state index is -0.175. The van der Waals surface area contributed by atoms with E-state index < -0.39 is 0 Å². The predicted molar refractivity (Wildman–Crippen MR) is 202 cm³/mol. The monoisotopic (exact) mass is 630 g/mol. The zero-order valence-corrected chi connectivity index (χ0v) is 26.5. The molecule has 5 aromatic carbocycles. The number of fused-ring (bicyclic) bond motifs is 10. The van der Waals surface area contributed by atoms with Gasteiger partial charge in [0.15, 0.2) is 0 Å². The maximum atomic E-state index is 8.48. The van der Waals surface area contributed by atoms with Crippen molar-refractivity contribution in [1.82, 2.24) is 8.97 Å². The molecule has 8 aromatic rings. The molecule has 5 nitrogen and oxygen atoms in total. The fourth-order valence-electron chi connectivity index (χ4n) is 8.49. The van der Waals surface area contributed by atoms with Crippen LogP contribution in [0, 0.1) is 5.41 Å². The second-order valence-electron chi connectivity index (χ2n) is 13.3. The van der Waals surface area contributed by atoms with Crippen LogP contribution in [0.25, 0.3) is 60.3 Å². The minimum Gasteiger partial charge on any atom is -0.485 e. The number of ether oxygens (including phenoxy) is 1. The Labute approximate surface area is 282 Å². The molecule has 0 saturated carbocycles. The van der Waals surface area contributed by atoms with Gasteiger partial charge in [0.1, 0.15) is 11.9 Å². The summed E-state index contributed by atoms with van der Waals surface area (Å²) in [5.74, 6) is 1.02. The summed E-state index contributed by atoms with van der Waals surface area (Å²) in [6.45, 7) is 0. The van der Waals surface area contributed by atoms with E-state index in [1.54, 1.807) is 0 Å². The molecule has 2 N–H and O–H groups in total. The van der Waals surface area contributed by atoms with Gasteiger partial charge in [-0.25, -0.2) is 0 Å². The smallest absolute Gasteiger partial charge is 0.128 e. The molecule has 2 aliphatic carbocycles. The molecule has 49 heavy (non-hydrogen) atoms. The Morgan fingerprint density at radius 3 is 2.37 bits per heavy atom. The van der Waals surface area contributed by atoms with Gasteiger partial charge in [-0.2, -0.15) is 0 Å². The highest BCUT2D eigenvalue weighted by atomic mass is 16.5. The van der Waals surface area contributed by atoms with Crippen LogP contribution >= 0.6 is 0 Å². The van der Waals surface area contributed by atoms with E-state index in [9.17, 15) is 0 Å². The Kier molecular flexibility index (Phi) is 5.37. The van der Waals surface area contributed by atoms with Crippen LogP contribution in [0.4, 0.5) is 5.69 Å². The lowest BCUT2D eigenvalue weighted by molar-refractivity contribution is 0.269. The highest BCUT2D eigenvalue weighted by Gasteiger charge is 2.38. The summed E-state index contributed by atoms with van der Waals surface area (Å²) in [6.07, 6.45) is 16.8. The summed E-state index contributed by atoms with van der Waals surface area (Å²) in [4.78, 5) is 0. The molecule has 3 unspecified atom stereocenters. The van der Waals surface area contributed by atoms with Crippen molar-refractivity contribution in [3.8, 4) is 11.4 Å².